The van der Waals surface area contributed by atoms with Gasteiger partial charge in [0.05, 0.1) is 0 Å². The molecule has 0 fully saturated rings. The molecular weight excluding hydrogens is 377 g/mol. The molecule has 0 atom stereocenters. The fraction of sp³-hybridized carbons (Fsp3) is 0.0952. The third-order valence-electron chi connectivity index (χ3n) is 4.16. The molecule has 7 heteroatoms. The van der Waals surface area contributed by atoms with Crippen LogP contribution < -0.4 is 5.32 Å². The summed E-state index contributed by atoms with van der Waals surface area (Å²) in [6.45, 7) is 0.282. The van der Waals surface area contributed by atoms with E-state index in [2.05, 4.69) is 15.3 Å². The van der Waals surface area contributed by atoms with E-state index in [1.807, 2.05) is 24.3 Å². The number of carbonyl (C=O) groups excluding carboxylic acids is 1. The molecule has 0 bridgehead atoms. The van der Waals surface area contributed by atoms with Gasteiger partial charge < -0.3 is 9.73 Å². The number of rotatable bonds is 6. The van der Waals surface area contributed by atoms with Crippen molar-refractivity contribution >= 4 is 28.6 Å². The molecule has 0 saturated heterocycles. The van der Waals surface area contributed by atoms with Crippen LogP contribution in [0.15, 0.2) is 76.6 Å². The van der Waals surface area contributed by atoms with Crippen LogP contribution in [-0.2, 0) is 12.3 Å². The number of aromatic nitrogens is 2. The van der Waals surface area contributed by atoms with E-state index in [4.69, 9.17) is 4.42 Å². The first-order valence-corrected chi connectivity index (χ1v) is 9.62. The third-order valence-corrected chi connectivity index (χ3v) is 5.06. The highest BCUT2D eigenvalue weighted by Gasteiger charge is 2.20. The van der Waals surface area contributed by atoms with Crippen molar-refractivity contribution in [2.75, 3.05) is 0 Å². The number of benzene rings is 2. The van der Waals surface area contributed by atoms with Crippen LogP contribution in [0.25, 0.3) is 11.0 Å². The van der Waals surface area contributed by atoms with Crippen LogP contribution in [0, 0.1) is 5.82 Å². The fourth-order valence-corrected chi connectivity index (χ4v) is 3.62. The minimum Gasteiger partial charge on any atom is -0.451 e. The van der Waals surface area contributed by atoms with Crippen molar-refractivity contribution in [3.8, 4) is 0 Å². The molecule has 2 aromatic carbocycles. The molecule has 2 aromatic heterocycles. The Morgan fingerprint density at radius 2 is 1.79 bits per heavy atom. The lowest BCUT2D eigenvalue weighted by atomic mass is 10.1. The zero-order chi connectivity index (χ0) is 19.3. The van der Waals surface area contributed by atoms with Gasteiger partial charge in [-0.3, -0.25) is 4.79 Å². The van der Waals surface area contributed by atoms with Crippen LogP contribution in [0.2, 0.25) is 0 Å². The molecule has 0 radical (unpaired) electrons. The summed E-state index contributed by atoms with van der Waals surface area (Å²) >= 11 is 1.44. The van der Waals surface area contributed by atoms with Crippen LogP contribution in [0.1, 0.15) is 21.7 Å². The average Bonchev–Trinajstić information content (AvgIpc) is 3.11. The van der Waals surface area contributed by atoms with Crippen molar-refractivity contribution in [3.05, 3.63) is 89.7 Å². The van der Waals surface area contributed by atoms with Crippen LogP contribution >= 0.6 is 11.8 Å². The molecule has 5 nitrogen and oxygen atoms in total. The van der Waals surface area contributed by atoms with Crippen molar-refractivity contribution in [2.45, 2.75) is 17.5 Å². The summed E-state index contributed by atoms with van der Waals surface area (Å²) in [5, 5.41) is 4.36. The molecule has 2 heterocycles. The number of furan rings is 1. The summed E-state index contributed by atoms with van der Waals surface area (Å²) in [4.78, 5) is 21.2. The Morgan fingerprint density at radius 3 is 2.57 bits per heavy atom. The van der Waals surface area contributed by atoms with Crippen molar-refractivity contribution in [1.29, 1.82) is 0 Å². The summed E-state index contributed by atoms with van der Waals surface area (Å²) in [6, 6.07) is 15.3. The second-order valence-corrected chi connectivity index (χ2v) is 6.98. The van der Waals surface area contributed by atoms with Gasteiger partial charge in [0.25, 0.3) is 5.91 Å². The number of para-hydroxylation sites is 1. The van der Waals surface area contributed by atoms with E-state index >= 15 is 0 Å². The topological polar surface area (TPSA) is 68.0 Å². The molecule has 0 aliphatic rings. The smallest absolute Gasteiger partial charge is 0.287 e. The number of amides is 1. The number of thioether (sulfide) groups is 1. The number of hydrogen-bond donors (Lipinski definition) is 1. The molecule has 1 amide bonds. The first-order valence-electron chi connectivity index (χ1n) is 8.63. The second-order valence-electron chi connectivity index (χ2n) is 6.04. The van der Waals surface area contributed by atoms with Crippen molar-refractivity contribution in [3.63, 3.8) is 0 Å². The average molecular weight is 393 g/mol. The Bertz CT molecular complexity index is 1100. The maximum atomic E-state index is 13.0. The number of halogens is 1. The zero-order valence-corrected chi connectivity index (χ0v) is 15.6. The number of nitrogens with one attached hydrogen (secondary N) is 1. The van der Waals surface area contributed by atoms with Gasteiger partial charge in [0.1, 0.15) is 11.4 Å². The van der Waals surface area contributed by atoms with Crippen LogP contribution in [-0.4, -0.2) is 15.9 Å². The lowest BCUT2D eigenvalue weighted by Gasteiger charge is -2.06. The van der Waals surface area contributed by atoms with Crippen LogP contribution in [0.4, 0.5) is 4.39 Å². The predicted molar refractivity (Wildman–Crippen MR) is 105 cm³/mol. The van der Waals surface area contributed by atoms with Gasteiger partial charge in [-0.1, -0.05) is 42.1 Å². The van der Waals surface area contributed by atoms with E-state index in [-0.39, 0.29) is 24.0 Å². The molecule has 0 aliphatic carbocycles. The van der Waals surface area contributed by atoms with E-state index in [1.165, 1.54) is 23.9 Å². The zero-order valence-electron chi connectivity index (χ0n) is 14.8. The summed E-state index contributed by atoms with van der Waals surface area (Å²) in [7, 11) is 0. The number of fused-ring (bicyclic) bond motifs is 1. The maximum Gasteiger partial charge on any atom is 0.287 e. The van der Waals surface area contributed by atoms with E-state index in [9.17, 15) is 9.18 Å². The Labute approximate surface area is 165 Å². The lowest BCUT2D eigenvalue weighted by molar-refractivity contribution is 0.0924. The van der Waals surface area contributed by atoms with Gasteiger partial charge in [0.15, 0.2) is 10.9 Å². The first kappa shape index (κ1) is 18.2. The highest BCUT2D eigenvalue weighted by atomic mass is 32.2. The van der Waals surface area contributed by atoms with Crippen molar-refractivity contribution < 1.29 is 13.6 Å². The van der Waals surface area contributed by atoms with E-state index in [0.29, 0.717) is 16.5 Å². The third kappa shape index (κ3) is 4.04. The second kappa shape index (κ2) is 8.22. The molecule has 0 spiro atoms. The SMILES string of the molecule is O=C(NCc1ccc(F)cc1)c1oc2ccccc2c1CSc1ncccn1. The Hall–Kier alpha value is -3.19. The highest BCUT2D eigenvalue weighted by molar-refractivity contribution is 7.98. The molecule has 0 unspecified atom stereocenters. The Kier molecular flexibility index (Phi) is 5.34. The number of hydrogen-bond acceptors (Lipinski definition) is 5. The van der Waals surface area contributed by atoms with Crippen molar-refractivity contribution in [2.24, 2.45) is 0 Å². The molecule has 4 rings (SSSR count). The summed E-state index contributed by atoms with van der Waals surface area (Å²) in [6.07, 6.45) is 3.36. The van der Waals surface area contributed by atoms with Gasteiger partial charge in [0.2, 0.25) is 0 Å². The van der Waals surface area contributed by atoms with E-state index in [0.717, 1.165) is 16.5 Å². The molecule has 28 heavy (non-hydrogen) atoms. The minimum atomic E-state index is -0.315. The van der Waals surface area contributed by atoms with Crippen LogP contribution in [0.5, 0.6) is 0 Å². The molecular formula is C21H16FN3O2S. The first-order chi connectivity index (χ1) is 13.7. The van der Waals surface area contributed by atoms with Gasteiger partial charge >= 0.3 is 0 Å². The van der Waals surface area contributed by atoms with Gasteiger partial charge in [-0.05, 0) is 29.8 Å². The quantitative estimate of drug-likeness (QED) is 0.383. The fourth-order valence-electron chi connectivity index (χ4n) is 2.79. The van der Waals surface area contributed by atoms with E-state index in [1.54, 1.807) is 30.6 Å². The normalized spacial score (nSPS) is 10.9. The molecule has 0 aliphatic heterocycles. The number of nitrogens with zero attached hydrogens (tertiary/aromatic N) is 2. The lowest BCUT2D eigenvalue weighted by Crippen LogP contribution is -2.23. The van der Waals surface area contributed by atoms with Crippen LogP contribution in [0.3, 0.4) is 0 Å². The summed E-state index contributed by atoms with van der Waals surface area (Å²) in [5.74, 6) is 0.145. The summed E-state index contributed by atoms with van der Waals surface area (Å²) in [5.41, 5.74) is 2.25. The summed E-state index contributed by atoms with van der Waals surface area (Å²) < 4.78 is 18.9. The van der Waals surface area contributed by atoms with E-state index < -0.39 is 0 Å². The van der Waals surface area contributed by atoms with Gasteiger partial charge in [-0.15, -0.1) is 0 Å². The van der Waals surface area contributed by atoms with Gasteiger partial charge in [0, 0.05) is 35.6 Å². The van der Waals surface area contributed by atoms with Crippen molar-refractivity contribution in [1.82, 2.24) is 15.3 Å². The highest BCUT2D eigenvalue weighted by Crippen LogP contribution is 2.31. The minimum absolute atomic E-state index is 0.270. The maximum absolute atomic E-state index is 13.0. The Morgan fingerprint density at radius 1 is 1.04 bits per heavy atom. The van der Waals surface area contributed by atoms with Gasteiger partial charge in [-0.25, -0.2) is 14.4 Å². The monoisotopic (exact) mass is 393 g/mol. The number of carbonyl (C=O) groups is 1. The predicted octanol–water partition coefficient (Wildman–Crippen LogP) is 4.58. The Balaban J connectivity index is 1.56. The molecule has 140 valence electrons. The van der Waals surface area contributed by atoms with Gasteiger partial charge in [-0.2, -0.15) is 0 Å². The standard InChI is InChI=1S/C21H16FN3O2S/c22-15-8-6-14(7-9-15)12-25-20(26)19-17(13-28-21-23-10-3-11-24-21)16-4-1-2-5-18(16)27-19/h1-11H,12-13H2,(H,25,26). The largest absolute Gasteiger partial charge is 0.451 e. The molecule has 4 aromatic rings. The molecule has 0 saturated carbocycles. The molecule has 1 N–H and O–H groups in total.